The van der Waals surface area contributed by atoms with E-state index in [2.05, 4.69) is 17.1 Å². The van der Waals surface area contributed by atoms with Crippen LogP contribution in [0.15, 0.2) is 24.3 Å². The number of carbonyl (C=O) groups excluding carboxylic acids is 1. The molecular formula is C24H36FN3O. The fourth-order valence-corrected chi connectivity index (χ4v) is 5.23. The molecule has 0 unspecified atom stereocenters. The number of nitrogens with one attached hydrogen (secondary N) is 1. The molecule has 1 aliphatic heterocycles. The highest BCUT2D eigenvalue weighted by molar-refractivity contribution is 5.79. The average molecular weight is 402 g/mol. The lowest BCUT2D eigenvalue weighted by atomic mass is 9.73. The molecule has 0 aromatic heterocycles. The minimum atomic E-state index is -0.180. The zero-order valence-corrected chi connectivity index (χ0v) is 17.7. The summed E-state index contributed by atoms with van der Waals surface area (Å²) < 4.78 is 13.3. The summed E-state index contributed by atoms with van der Waals surface area (Å²) in [5, 5.41) is 3.77. The number of nitrogens with zero attached hydrogens (tertiary/aromatic N) is 1. The van der Waals surface area contributed by atoms with Crippen LogP contribution >= 0.6 is 0 Å². The first kappa shape index (κ1) is 20.8. The molecule has 1 saturated heterocycles. The van der Waals surface area contributed by atoms with Gasteiger partial charge in [0.25, 0.3) is 0 Å². The molecule has 29 heavy (non-hydrogen) atoms. The molecule has 0 radical (unpaired) electrons. The number of hydrogen-bond acceptors (Lipinski definition) is 3. The number of piperidine rings is 1. The van der Waals surface area contributed by atoms with Gasteiger partial charge < -0.3 is 16.0 Å². The van der Waals surface area contributed by atoms with Crippen LogP contribution in [0.4, 0.5) is 4.39 Å². The molecule has 1 aromatic carbocycles. The summed E-state index contributed by atoms with van der Waals surface area (Å²) in [6.45, 7) is 4.95. The van der Waals surface area contributed by atoms with Crippen molar-refractivity contribution in [1.29, 1.82) is 0 Å². The summed E-state index contributed by atoms with van der Waals surface area (Å²) in [6, 6.07) is 7.88. The Hall–Kier alpha value is -1.46. The molecule has 3 fully saturated rings. The van der Waals surface area contributed by atoms with Gasteiger partial charge in [0, 0.05) is 37.6 Å². The lowest BCUT2D eigenvalue weighted by Gasteiger charge is -2.43. The molecule has 0 spiro atoms. The van der Waals surface area contributed by atoms with Gasteiger partial charge in [-0.3, -0.25) is 4.79 Å². The molecule has 160 valence electrons. The molecule has 2 saturated carbocycles. The number of benzene rings is 1. The van der Waals surface area contributed by atoms with Crippen molar-refractivity contribution in [2.75, 3.05) is 19.6 Å². The lowest BCUT2D eigenvalue weighted by Crippen LogP contribution is -2.50. The summed E-state index contributed by atoms with van der Waals surface area (Å²) in [5.41, 5.74) is 7.35. The van der Waals surface area contributed by atoms with Crippen molar-refractivity contribution in [3.8, 4) is 0 Å². The zero-order chi connectivity index (χ0) is 20.4. The minimum Gasteiger partial charge on any atom is -0.342 e. The maximum absolute atomic E-state index is 13.3. The maximum Gasteiger partial charge on any atom is 0.225 e. The third-order valence-corrected chi connectivity index (χ3v) is 7.60. The SMILES string of the molecule is C[C@@H]1C[C@H]1NCC1(Cc2ccc(F)cc2)CCN(C(=O)C2CCC(N)CC2)CC1. The van der Waals surface area contributed by atoms with Crippen molar-refractivity contribution < 1.29 is 9.18 Å². The minimum absolute atomic E-state index is 0.145. The van der Waals surface area contributed by atoms with Crippen LogP contribution in [0.1, 0.15) is 57.4 Å². The van der Waals surface area contributed by atoms with E-state index in [0.29, 0.717) is 11.9 Å². The Bertz CT molecular complexity index is 691. The second kappa shape index (κ2) is 8.73. The molecule has 4 rings (SSSR count). The van der Waals surface area contributed by atoms with Crippen LogP contribution in [-0.4, -0.2) is 42.5 Å². The molecule has 4 nitrogen and oxygen atoms in total. The Kier molecular flexibility index (Phi) is 6.26. The highest BCUT2D eigenvalue weighted by Gasteiger charge is 2.40. The summed E-state index contributed by atoms with van der Waals surface area (Å²) in [4.78, 5) is 15.1. The van der Waals surface area contributed by atoms with E-state index in [0.717, 1.165) is 70.5 Å². The van der Waals surface area contributed by atoms with Gasteiger partial charge in [-0.15, -0.1) is 0 Å². The standard InChI is InChI=1S/C24H36FN3O/c1-17-14-22(17)27-16-24(15-18-2-6-20(25)7-3-18)10-12-28(13-11-24)23(29)19-4-8-21(26)9-5-19/h2-3,6-7,17,19,21-22,27H,4-5,8-16,26H2,1H3/t17-,19?,21?,22-/m1/s1. The molecule has 2 aliphatic carbocycles. The summed E-state index contributed by atoms with van der Waals surface area (Å²) in [5.74, 6) is 1.11. The number of amides is 1. The van der Waals surface area contributed by atoms with Gasteiger partial charge in [0.1, 0.15) is 5.82 Å². The second-order valence-corrected chi connectivity index (χ2v) is 9.94. The normalized spacial score (nSPS) is 31.5. The number of likely N-dealkylation sites (tertiary alicyclic amines) is 1. The van der Waals surface area contributed by atoms with Crippen LogP contribution < -0.4 is 11.1 Å². The molecule has 3 N–H and O–H groups in total. The van der Waals surface area contributed by atoms with E-state index < -0.39 is 0 Å². The average Bonchev–Trinajstić information content (AvgIpc) is 3.44. The molecule has 5 heteroatoms. The summed E-state index contributed by atoms with van der Waals surface area (Å²) in [7, 11) is 0. The number of rotatable bonds is 6. The van der Waals surface area contributed by atoms with Crippen LogP contribution in [-0.2, 0) is 11.2 Å². The van der Waals surface area contributed by atoms with Crippen molar-refractivity contribution >= 4 is 5.91 Å². The molecule has 1 amide bonds. The first-order valence-corrected chi connectivity index (χ1v) is 11.5. The highest BCUT2D eigenvalue weighted by Crippen LogP contribution is 2.38. The van der Waals surface area contributed by atoms with Gasteiger partial charge >= 0.3 is 0 Å². The number of carbonyl (C=O) groups is 1. The number of hydrogen-bond donors (Lipinski definition) is 2. The van der Waals surface area contributed by atoms with Crippen LogP contribution in [0, 0.1) is 23.1 Å². The van der Waals surface area contributed by atoms with Gasteiger partial charge in [0.2, 0.25) is 5.91 Å². The third kappa shape index (κ3) is 5.18. The van der Waals surface area contributed by atoms with Crippen molar-refractivity contribution in [2.24, 2.45) is 23.0 Å². The van der Waals surface area contributed by atoms with Gasteiger partial charge in [-0.05, 0) is 80.4 Å². The smallest absolute Gasteiger partial charge is 0.225 e. The van der Waals surface area contributed by atoms with Gasteiger partial charge in [-0.25, -0.2) is 4.39 Å². The topological polar surface area (TPSA) is 58.4 Å². The Morgan fingerprint density at radius 3 is 2.38 bits per heavy atom. The first-order chi connectivity index (χ1) is 13.9. The van der Waals surface area contributed by atoms with Gasteiger partial charge in [0.05, 0.1) is 0 Å². The summed E-state index contributed by atoms with van der Waals surface area (Å²) >= 11 is 0. The third-order valence-electron chi connectivity index (χ3n) is 7.60. The first-order valence-electron chi connectivity index (χ1n) is 11.5. The predicted octanol–water partition coefficient (Wildman–Crippen LogP) is 3.49. The molecule has 2 atom stereocenters. The van der Waals surface area contributed by atoms with E-state index in [1.165, 1.54) is 12.0 Å². The molecule has 1 aromatic rings. The van der Waals surface area contributed by atoms with Gasteiger partial charge in [0.15, 0.2) is 0 Å². The van der Waals surface area contributed by atoms with Crippen LogP contribution in [0.5, 0.6) is 0 Å². The van der Waals surface area contributed by atoms with Gasteiger partial charge in [-0.1, -0.05) is 19.1 Å². The van der Waals surface area contributed by atoms with E-state index >= 15 is 0 Å². The molecule has 3 aliphatic rings. The fourth-order valence-electron chi connectivity index (χ4n) is 5.23. The van der Waals surface area contributed by atoms with E-state index in [-0.39, 0.29) is 23.2 Å². The van der Waals surface area contributed by atoms with Crippen LogP contribution in [0.2, 0.25) is 0 Å². The van der Waals surface area contributed by atoms with E-state index in [9.17, 15) is 9.18 Å². The second-order valence-electron chi connectivity index (χ2n) is 9.94. The quantitative estimate of drug-likeness (QED) is 0.767. The zero-order valence-electron chi connectivity index (χ0n) is 17.7. The van der Waals surface area contributed by atoms with E-state index in [4.69, 9.17) is 5.73 Å². The van der Waals surface area contributed by atoms with Crippen molar-refractivity contribution in [1.82, 2.24) is 10.2 Å². The molecule has 1 heterocycles. The molecular weight excluding hydrogens is 365 g/mol. The van der Waals surface area contributed by atoms with Crippen molar-refractivity contribution in [3.05, 3.63) is 35.6 Å². The van der Waals surface area contributed by atoms with Crippen molar-refractivity contribution in [3.63, 3.8) is 0 Å². The Labute approximate surface area is 174 Å². The van der Waals surface area contributed by atoms with Crippen LogP contribution in [0.3, 0.4) is 0 Å². The largest absolute Gasteiger partial charge is 0.342 e. The Balaban J connectivity index is 1.38. The lowest BCUT2D eigenvalue weighted by molar-refractivity contribution is -0.139. The maximum atomic E-state index is 13.3. The fraction of sp³-hybridized carbons (Fsp3) is 0.708. The van der Waals surface area contributed by atoms with Crippen LogP contribution in [0.25, 0.3) is 0 Å². The summed E-state index contributed by atoms with van der Waals surface area (Å²) in [6.07, 6.45) is 8.07. The monoisotopic (exact) mass is 401 g/mol. The Morgan fingerprint density at radius 2 is 1.79 bits per heavy atom. The Morgan fingerprint density at radius 1 is 1.17 bits per heavy atom. The van der Waals surface area contributed by atoms with Crippen molar-refractivity contribution in [2.45, 2.75) is 70.4 Å². The highest BCUT2D eigenvalue weighted by atomic mass is 19.1. The van der Waals surface area contributed by atoms with E-state index in [1.54, 1.807) is 12.1 Å². The predicted molar refractivity (Wildman–Crippen MR) is 114 cm³/mol. The molecule has 0 bridgehead atoms. The number of nitrogens with two attached hydrogens (primary N) is 1. The van der Waals surface area contributed by atoms with E-state index in [1.807, 2.05) is 12.1 Å². The number of halogens is 1. The van der Waals surface area contributed by atoms with Gasteiger partial charge in [-0.2, -0.15) is 0 Å².